The van der Waals surface area contributed by atoms with Crippen LogP contribution < -0.4 is 5.32 Å². The molecule has 0 atom stereocenters. The van der Waals surface area contributed by atoms with Crippen LogP contribution in [-0.4, -0.2) is 11.1 Å². The van der Waals surface area contributed by atoms with Crippen LogP contribution in [0.1, 0.15) is 21.7 Å². The Morgan fingerprint density at radius 3 is 2.71 bits per heavy atom. The Bertz CT molecular complexity index is 771. The van der Waals surface area contributed by atoms with Crippen molar-refractivity contribution in [2.45, 2.75) is 13.1 Å². The lowest BCUT2D eigenvalue weighted by molar-refractivity contribution is 0.0694. The summed E-state index contributed by atoms with van der Waals surface area (Å²) in [4.78, 5) is 11.0. The van der Waals surface area contributed by atoms with Crippen molar-refractivity contribution in [1.82, 2.24) is 5.32 Å². The third-order valence-corrected chi connectivity index (χ3v) is 3.46. The number of carboxylic acids is 1. The third-order valence-electron chi connectivity index (χ3n) is 3.46. The van der Waals surface area contributed by atoms with Gasteiger partial charge in [-0.15, -0.1) is 0 Å². The van der Waals surface area contributed by atoms with Gasteiger partial charge in [0.15, 0.2) is 0 Å². The van der Waals surface area contributed by atoms with E-state index in [1.807, 2.05) is 18.2 Å². The molecule has 0 spiro atoms. The van der Waals surface area contributed by atoms with Crippen LogP contribution in [0.3, 0.4) is 0 Å². The Balaban J connectivity index is 1.72. The molecule has 1 aromatic heterocycles. The number of hydrogen-bond acceptors (Lipinski definition) is 3. The molecule has 2 N–H and O–H groups in total. The number of fused-ring (bicyclic) bond motifs is 1. The highest BCUT2D eigenvalue weighted by Crippen LogP contribution is 2.18. The molecule has 0 unspecified atom stereocenters. The highest BCUT2D eigenvalue weighted by Gasteiger charge is 2.12. The van der Waals surface area contributed by atoms with Crippen molar-refractivity contribution in [3.05, 3.63) is 71.7 Å². The van der Waals surface area contributed by atoms with Gasteiger partial charge >= 0.3 is 5.97 Å². The summed E-state index contributed by atoms with van der Waals surface area (Å²) in [6, 6.07) is 15.8. The van der Waals surface area contributed by atoms with E-state index >= 15 is 0 Å². The summed E-state index contributed by atoms with van der Waals surface area (Å²) in [6.07, 6.45) is 1.40. The molecule has 0 aliphatic carbocycles. The van der Waals surface area contributed by atoms with E-state index in [9.17, 15) is 4.79 Å². The first-order valence-corrected chi connectivity index (χ1v) is 6.73. The topological polar surface area (TPSA) is 62.5 Å². The van der Waals surface area contributed by atoms with Gasteiger partial charge < -0.3 is 14.8 Å². The summed E-state index contributed by atoms with van der Waals surface area (Å²) < 4.78 is 5.21. The zero-order valence-electron chi connectivity index (χ0n) is 11.4. The van der Waals surface area contributed by atoms with Gasteiger partial charge in [0, 0.05) is 6.54 Å². The minimum atomic E-state index is -0.967. The van der Waals surface area contributed by atoms with Gasteiger partial charge in [-0.05, 0) is 22.4 Å². The summed E-state index contributed by atoms with van der Waals surface area (Å²) in [5.41, 5.74) is 1.39. The highest BCUT2D eigenvalue weighted by atomic mass is 16.4. The van der Waals surface area contributed by atoms with E-state index in [4.69, 9.17) is 9.52 Å². The number of aromatic carboxylic acids is 1. The number of hydrogen-bond donors (Lipinski definition) is 2. The Morgan fingerprint density at radius 2 is 1.86 bits per heavy atom. The first-order valence-electron chi connectivity index (χ1n) is 6.73. The van der Waals surface area contributed by atoms with Crippen molar-refractivity contribution in [1.29, 1.82) is 0 Å². The molecule has 0 amide bonds. The molecule has 106 valence electrons. The van der Waals surface area contributed by atoms with Crippen molar-refractivity contribution in [2.75, 3.05) is 0 Å². The quantitative estimate of drug-likeness (QED) is 0.752. The fourth-order valence-electron chi connectivity index (χ4n) is 2.43. The fourth-order valence-corrected chi connectivity index (χ4v) is 2.43. The first-order chi connectivity index (χ1) is 10.3. The molecule has 3 aromatic rings. The average Bonchev–Trinajstić information content (AvgIpc) is 2.96. The van der Waals surface area contributed by atoms with E-state index in [0.29, 0.717) is 18.8 Å². The average molecular weight is 281 g/mol. The molecule has 0 aliphatic heterocycles. The lowest BCUT2D eigenvalue weighted by Crippen LogP contribution is -2.14. The summed E-state index contributed by atoms with van der Waals surface area (Å²) in [6.45, 7) is 1.04. The molecule has 0 radical (unpaired) electrons. The number of carboxylic acid groups (broad SMARTS) is 1. The summed E-state index contributed by atoms with van der Waals surface area (Å²) >= 11 is 0. The predicted molar refractivity (Wildman–Crippen MR) is 80.2 cm³/mol. The van der Waals surface area contributed by atoms with Gasteiger partial charge in [0.05, 0.1) is 12.8 Å². The molecule has 2 aromatic carbocycles. The number of nitrogens with one attached hydrogen (secondary N) is 1. The van der Waals surface area contributed by atoms with Gasteiger partial charge in [-0.3, -0.25) is 0 Å². The van der Waals surface area contributed by atoms with Crippen LogP contribution in [0.15, 0.2) is 59.2 Å². The van der Waals surface area contributed by atoms with Crippen molar-refractivity contribution in [3.8, 4) is 0 Å². The smallest absolute Gasteiger partial charge is 0.339 e. The highest BCUT2D eigenvalue weighted by molar-refractivity contribution is 5.88. The van der Waals surface area contributed by atoms with Gasteiger partial charge in [0.1, 0.15) is 11.3 Å². The first kappa shape index (κ1) is 13.4. The normalized spacial score (nSPS) is 10.9. The zero-order valence-corrected chi connectivity index (χ0v) is 11.4. The maximum atomic E-state index is 11.0. The molecule has 4 heteroatoms. The third kappa shape index (κ3) is 2.80. The molecule has 1 heterocycles. The van der Waals surface area contributed by atoms with E-state index in [2.05, 4.69) is 29.6 Å². The molecule has 0 saturated carbocycles. The summed E-state index contributed by atoms with van der Waals surface area (Å²) in [5.74, 6) is -0.520. The minimum Gasteiger partial charge on any atom is -0.478 e. The van der Waals surface area contributed by atoms with Crippen molar-refractivity contribution < 1.29 is 14.3 Å². The lowest BCUT2D eigenvalue weighted by Gasteiger charge is -2.07. The van der Waals surface area contributed by atoms with Crippen LogP contribution >= 0.6 is 0 Å². The van der Waals surface area contributed by atoms with Crippen molar-refractivity contribution in [2.24, 2.45) is 0 Å². The SMILES string of the molecule is O=C(O)c1ccoc1CNCc1cccc2ccccc12. The van der Waals surface area contributed by atoms with Crippen LogP contribution in [0.25, 0.3) is 10.8 Å². The molecular formula is C17H15NO3. The van der Waals surface area contributed by atoms with E-state index < -0.39 is 5.97 Å². The molecule has 0 fully saturated rings. The Morgan fingerprint density at radius 1 is 1.05 bits per heavy atom. The molecular weight excluding hydrogens is 266 g/mol. The monoisotopic (exact) mass is 281 g/mol. The Labute approximate surface area is 122 Å². The molecule has 0 aliphatic rings. The van der Waals surface area contributed by atoms with Crippen LogP contribution in [0.5, 0.6) is 0 Å². The van der Waals surface area contributed by atoms with E-state index in [1.54, 1.807) is 0 Å². The number of carbonyl (C=O) groups is 1. The number of benzene rings is 2. The van der Waals surface area contributed by atoms with Gasteiger partial charge in [-0.2, -0.15) is 0 Å². The van der Waals surface area contributed by atoms with Crippen LogP contribution in [0.2, 0.25) is 0 Å². The van der Waals surface area contributed by atoms with Gasteiger partial charge in [-0.25, -0.2) is 4.79 Å². The lowest BCUT2D eigenvalue weighted by atomic mass is 10.0. The van der Waals surface area contributed by atoms with Gasteiger partial charge in [0.25, 0.3) is 0 Å². The molecule has 3 rings (SSSR count). The van der Waals surface area contributed by atoms with E-state index in [1.165, 1.54) is 28.7 Å². The van der Waals surface area contributed by atoms with Crippen LogP contribution in [-0.2, 0) is 13.1 Å². The second-order valence-corrected chi connectivity index (χ2v) is 4.80. The number of furan rings is 1. The van der Waals surface area contributed by atoms with Gasteiger partial charge in [0.2, 0.25) is 0 Å². The van der Waals surface area contributed by atoms with E-state index in [0.717, 1.165) is 0 Å². The second kappa shape index (κ2) is 5.81. The summed E-state index contributed by atoms with van der Waals surface area (Å²) in [7, 11) is 0. The molecule has 4 nitrogen and oxygen atoms in total. The molecule has 0 saturated heterocycles. The van der Waals surface area contributed by atoms with Crippen molar-refractivity contribution in [3.63, 3.8) is 0 Å². The predicted octanol–water partition coefficient (Wildman–Crippen LogP) is 3.42. The fraction of sp³-hybridized carbons (Fsp3) is 0.118. The molecule has 0 bridgehead atoms. The van der Waals surface area contributed by atoms with Crippen LogP contribution in [0.4, 0.5) is 0 Å². The zero-order chi connectivity index (χ0) is 14.7. The number of rotatable bonds is 5. The van der Waals surface area contributed by atoms with Crippen molar-refractivity contribution >= 4 is 16.7 Å². The maximum Gasteiger partial charge on any atom is 0.339 e. The minimum absolute atomic E-state index is 0.209. The Hall–Kier alpha value is -2.59. The van der Waals surface area contributed by atoms with E-state index in [-0.39, 0.29) is 5.56 Å². The van der Waals surface area contributed by atoms with Gasteiger partial charge in [-0.1, -0.05) is 42.5 Å². The molecule has 21 heavy (non-hydrogen) atoms. The second-order valence-electron chi connectivity index (χ2n) is 4.80. The largest absolute Gasteiger partial charge is 0.478 e. The maximum absolute atomic E-state index is 11.0. The Kier molecular flexibility index (Phi) is 3.71. The standard InChI is InChI=1S/C17H15NO3/c19-17(20)15-8-9-21-16(15)11-18-10-13-6-3-5-12-4-1-2-7-14(12)13/h1-9,18H,10-11H2,(H,19,20). The van der Waals surface area contributed by atoms with Crippen LogP contribution in [0, 0.1) is 0 Å². The summed E-state index contributed by atoms with van der Waals surface area (Å²) in [5, 5.41) is 14.7.